The lowest BCUT2D eigenvalue weighted by atomic mass is 10.0. The summed E-state index contributed by atoms with van der Waals surface area (Å²) in [4.78, 5) is 0. The fourth-order valence-electron chi connectivity index (χ4n) is 2.29. The lowest BCUT2D eigenvalue weighted by molar-refractivity contribution is 0.142. The van der Waals surface area contributed by atoms with Gasteiger partial charge >= 0.3 is 0 Å². The molecule has 3 nitrogen and oxygen atoms in total. The van der Waals surface area contributed by atoms with E-state index in [9.17, 15) is 5.11 Å². The fourth-order valence-corrected chi connectivity index (χ4v) is 2.29. The van der Waals surface area contributed by atoms with Crippen LogP contribution in [0.5, 0.6) is 0 Å². The third kappa shape index (κ3) is 5.03. The smallest absolute Gasteiger partial charge is 0.133 e. The zero-order valence-corrected chi connectivity index (χ0v) is 13.1. The van der Waals surface area contributed by atoms with Gasteiger partial charge in [-0.1, -0.05) is 29.8 Å². The number of nitrogens with one attached hydrogen (secondary N) is 1. The predicted molar refractivity (Wildman–Crippen MR) is 85.4 cm³/mol. The maximum Gasteiger partial charge on any atom is 0.133 e. The van der Waals surface area contributed by atoms with Gasteiger partial charge in [0.1, 0.15) is 17.6 Å². The molecule has 0 saturated carbocycles. The third-order valence-corrected chi connectivity index (χ3v) is 3.74. The van der Waals surface area contributed by atoms with Crippen LogP contribution in [0.4, 0.5) is 0 Å². The van der Waals surface area contributed by atoms with Gasteiger partial charge in [0.15, 0.2) is 0 Å². The monoisotopic (exact) mass is 287 g/mol. The van der Waals surface area contributed by atoms with Gasteiger partial charge in [-0.15, -0.1) is 0 Å². The van der Waals surface area contributed by atoms with Crippen LogP contribution in [0.1, 0.15) is 42.1 Å². The summed E-state index contributed by atoms with van der Waals surface area (Å²) in [7, 11) is 0. The van der Waals surface area contributed by atoms with Crippen molar-refractivity contribution in [3.05, 3.63) is 59.0 Å². The molecule has 2 unspecified atom stereocenters. The average Bonchev–Trinajstić information content (AvgIpc) is 2.91. The molecule has 1 aromatic heterocycles. The standard InChI is InChI=1S/C18H25NO2/c1-13-4-8-16(9-5-13)10-6-14(2)19-12-17(20)18-11-7-15(3)21-18/h4-5,7-9,11,14,17,19-20H,6,10,12H2,1-3H3. The summed E-state index contributed by atoms with van der Waals surface area (Å²) in [6.07, 6.45) is 1.51. The van der Waals surface area contributed by atoms with Crippen LogP contribution in [0.25, 0.3) is 0 Å². The van der Waals surface area contributed by atoms with E-state index < -0.39 is 6.10 Å². The van der Waals surface area contributed by atoms with E-state index in [1.54, 1.807) is 0 Å². The summed E-state index contributed by atoms with van der Waals surface area (Å²) in [5.41, 5.74) is 2.65. The molecular weight excluding hydrogens is 262 g/mol. The second kappa shape index (κ2) is 7.43. The molecule has 2 rings (SSSR count). The molecule has 2 N–H and O–H groups in total. The highest BCUT2D eigenvalue weighted by atomic mass is 16.4. The molecular formula is C18H25NO2. The molecule has 1 heterocycles. The number of benzene rings is 1. The van der Waals surface area contributed by atoms with E-state index in [0.717, 1.165) is 18.6 Å². The normalized spacial score (nSPS) is 14.1. The van der Waals surface area contributed by atoms with Crippen molar-refractivity contribution in [2.45, 2.75) is 45.8 Å². The van der Waals surface area contributed by atoms with Crippen LogP contribution < -0.4 is 5.32 Å². The highest BCUT2D eigenvalue weighted by Crippen LogP contribution is 2.15. The maximum atomic E-state index is 10.0. The van der Waals surface area contributed by atoms with Gasteiger partial charge in [-0.3, -0.25) is 0 Å². The molecule has 0 spiro atoms. The van der Waals surface area contributed by atoms with Crippen molar-refractivity contribution >= 4 is 0 Å². The average molecular weight is 287 g/mol. The first-order valence-electron chi connectivity index (χ1n) is 7.58. The van der Waals surface area contributed by atoms with Crippen LogP contribution in [-0.4, -0.2) is 17.7 Å². The van der Waals surface area contributed by atoms with Crippen molar-refractivity contribution in [3.8, 4) is 0 Å². The molecule has 0 saturated heterocycles. The van der Waals surface area contributed by atoms with E-state index >= 15 is 0 Å². The van der Waals surface area contributed by atoms with E-state index in [1.165, 1.54) is 11.1 Å². The first-order valence-corrected chi connectivity index (χ1v) is 7.58. The Hall–Kier alpha value is -1.58. The quantitative estimate of drug-likeness (QED) is 0.818. The molecule has 2 atom stereocenters. The minimum absolute atomic E-state index is 0.358. The van der Waals surface area contributed by atoms with Crippen LogP contribution >= 0.6 is 0 Å². The van der Waals surface area contributed by atoms with E-state index in [0.29, 0.717) is 18.3 Å². The molecule has 2 aromatic rings. The second-order valence-corrected chi connectivity index (χ2v) is 5.80. The Kier molecular flexibility index (Phi) is 5.59. The second-order valence-electron chi connectivity index (χ2n) is 5.80. The van der Waals surface area contributed by atoms with Gasteiger partial charge < -0.3 is 14.8 Å². The maximum absolute atomic E-state index is 10.0. The number of rotatable bonds is 7. The molecule has 3 heteroatoms. The first-order chi connectivity index (χ1) is 10.0. The number of aryl methyl sites for hydroxylation is 3. The van der Waals surface area contributed by atoms with E-state index in [1.807, 2.05) is 19.1 Å². The molecule has 0 amide bonds. The first kappa shape index (κ1) is 15.8. The Morgan fingerprint density at radius 3 is 2.43 bits per heavy atom. The number of hydrogen-bond donors (Lipinski definition) is 2. The number of hydrogen-bond acceptors (Lipinski definition) is 3. The Bertz CT molecular complexity index is 545. The van der Waals surface area contributed by atoms with Gasteiger partial charge in [0, 0.05) is 12.6 Å². The molecule has 0 aliphatic carbocycles. The number of aliphatic hydroxyl groups is 1. The van der Waals surface area contributed by atoms with E-state index in [2.05, 4.69) is 43.4 Å². The van der Waals surface area contributed by atoms with Crippen molar-refractivity contribution in [3.63, 3.8) is 0 Å². The lowest BCUT2D eigenvalue weighted by Crippen LogP contribution is -2.30. The molecule has 114 valence electrons. The van der Waals surface area contributed by atoms with E-state index in [-0.39, 0.29) is 0 Å². The van der Waals surface area contributed by atoms with Gasteiger partial charge in [-0.25, -0.2) is 0 Å². The summed E-state index contributed by atoms with van der Waals surface area (Å²) in [6.45, 7) is 6.65. The highest BCUT2D eigenvalue weighted by molar-refractivity contribution is 5.21. The van der Waals surface area contributed by atoms with Gasteiger partial charge in [-0.05, 0) is 51.3 Å². The molecule has 0 aliphatic heterocycles. The largest absolute Gasteiger partial charge is 0.464 e. The van der Waals surface area contributed by atoms with Crippen LogP contribution in [0.3, 0.4) is 0 Å². The molecule has 1 aromatic carbocycles. The zero-order valence-electron chi connectivity index (χ0n) is 13.1. The van der Waals surface area contributed by atoms with Gasteiger partial charge in [-0.2, -0.15) is 0 Å². The van der Waals surface area contributed by atoms with Crippen molar-refractivity contribution in [1.29, 1.82) is 0 Å². The Labute approximate surface area is 127 Å². The minimum atomic E-state index is -0.583. The summed E-state index contributed by atoms with van der Waals surface area (Å²) in [6, 6.07) is 12.7. The SMILES string of the molecule is Cc1ccc(CCC(C)NCC(O)c2ccc(C)o2)cc1. The lowest BCUT2D eigenvalue weighted by Gasteiger charge is -2.16. The number of aliphatic hydroxyl groups excluding tert-OH is 1. The van der Waals surface area contributed by atoms with Crippen molar-refractivity contribution in [2.75, 3.05) is 6.54 Å². The van der Waals surface area contributed by atoms with Crippen molar-refractivity contribution in [1.82, 2.24) is 5.32 Å². The van der Waals surface area contributed by atoms with Gasteiger partial charge in [0.2, 0.25) is 0 Å². The Morgan fingerprint density at radius 2 is 1.81 bits per heavy atom. The topological polar surface area (TPSA) is 45.4 Å². The van der Waals surface area contributed by atoms with Crippen LogP contribution in [-0.2, 0) is 6.42 Å². The Balaban J connectivity index is 1.72. The molecule has 0 aliphatic rings. The summed E-state index contributed by atoms with van der Waals surface area (Å²) < 4.78 is 5.43. The fraction of sp³-hybridized carbons (Fsp3) is 0.444. The number of furan rings is 1. The molecule has 21 heavy (non-hydrogen) atoms. The highest BCUT2D eigenvalue weighted by Gasteiger charge is 2.12. The summed E-state index contributed by atoms with van der Waals surface area (Å²) >= 11 is 0. The van der Waals surface area contributed by atoms with Crippen LogP contribution in [0.15, 0.2) is 40.8 Å². The predicted octanol–water partition coefficient (Wildman–Crippen LogP) is 3.54. The molecule has 0 bridgehead atoms. The summed E-state index contributed by atoms with van der Waals surface area (Å²) in [5, 5.41) is 13.4. The van der Waals surface area contributed by atoms with Crippen LogP contribution in [0, 0.1) is 13.8 Å². The van der Waals surface area contributed by atoms with Crippen molar-refractivity contribution < 1.29 is 9.52 Å². The zero-order chi connectivity index (χ0) is 15.2. The molecule has 0 radical (unpaired) electrons. The molecule has 0 fully saturated rings. The van der Waals surface area contributed by atoms with Crippen LogP contribution in [0.2, 0.25) is 0 Å². The Morgan fingerprint density at radius 1 is 1.10 bits per heavy atom. The van der Waals surface area contributed by atoms with E-state index in [4.69, 9.17) is 4.42 Å². The minimum Gasteiger partial charge on any atom is -0.464 e. The van der Waals surface area contributed by atoms with Gasteiger partial charge in [0.25, 0.3) is 0 Å². The van der Waals surface area contributed by atoms with Gasteiger partial charge in [0.05, 0.1) is 0 Å². The summed E-state index contributed by atoms with van der Waals surface area (Å²) in [5.74, 6) is 1.46. The van der Waals surface area contributed by atoms with Crippen molar-refractivity contribution in [2.24, 2.45) is 0 Å². The third-order valence-electron chi connectivity index (χ3n) is 3.74.